The number of aromatic hydroxyl groups is 1. The van der Waals surface area contributed by atoms with Gasteiger partial charge in [0.05, 0.1) is 30.9 Å². The Hall–Kier alpha value is -4.19. The number of fused-ring (bicyclic) bond motifs is 4. The number of anilines is 1. The summed E-state index contributed by atoms with van der Waals surface area (Å²) in [4.78, 5) is 13.7. The van der Waals surface area contributed by atoms with Crippen LogP contribution in [0.4, 0.5) is 5.69 Å². The summed E-state index contributed by atoms with van der Waals surface area (Å²) in [6, 6.07) is 23.1. The number of hydrogen-bond acceptors (Lipinski definition) is 9. The third kappa shape index (κ3) is 9.84. The average molecular weight is 804 g/mol. The van der Waals surface area contributed by atoms with Gasteiger partial charge in [-0.1, -0.05) is 99.9 Å². The van der Waals surface area contributed by atoms with Crippen LogP contribution in [0.1, 0.15) is 99.3 Å². The standard InChI is InChI=1S/C42H51ClN5O7P/c1-2-3-4-5-6-7-8-9-12-36(55-35-24-18-32(19-25-35)26-31-16-22-34(49)23-17-31)41(50)44-33-20-14-30(15-21-33)11-10-13-37-45-46-40-38(43)39(47-48(37)40)42-27-52-56(51,53-28-42)54-29-42/h14-25,36,47,49H,2-13,26-29H2,1H3,(H,44,50). The highest BCUT2D eigenvalue weighted by Crippen LogP contribution is 2.60. The number of aryl methyl sites for hydroxylation is 2. The van der Waals surface area contributed by atoms with Crippen LogP contribution in [0, 0.1) is 0 Å². The quantitative estimate of drug-likeness (QED) is 0.0517. The monoisotopic (exact) mass is 803 g/mol. The molecule has 5 heterocycles. The molecule has 1 unspecified atom stereocenters. The summed E-state index contributed by atoms with van der Waals surface area (Å²) in [6.45, 7) is 2.77. The number of hydrogen-bond donors (Lipinski definition) is 3. The van der Waals surface area contributed by atoms with Crippen LogP contribution in [-0.2, 0) is 47.6 Å². The molecular formula is C42H51ClN5O7P. The number of carbonyl (C=O) groups excluding carboxylic acids is 1. The van der Waals surface area contributed by atoms with Gasteiger partial charge in [-0.3, -0.25) is 23.5 Å². The molecule has 56 heavy (non-hydrogen) atoms. The largest absolute Gasteiger partial charge is 0.508 e. The lowest BCUT2D eigenvalue weighted by Gasteiger charge is -2.43. The Kier molecular flexibility index (Phi) is 13.1. The summed E-state index contributed by atoms with van der Waals surface area (Å²) in [5, 5.41) is 25.1. The molecule has 0 aliphatic carbocycles. The minimum atomic E-state index is -3.45. The fraction of sp³-hybridized carbons (Fsp3) is 0.452. The van der Waals surface area contributed by atoms with Crippen molar-refractivity contribution in [2.75, 3.05) is 25.1 Å². The summed E-state index contributed by atoms with van der Waals surface area (Å²) < 4.78 is 36.5. The van der Waals surface area contributed by atoms with E-state index in [9.17, 15) is 14.5 Å². The predicted octanol–water partition coefficient (Wildman–Crippen LogP) is 9.52. The molecule has 8 rings (SSSR count). The summed E-state index contributed by atoms with van der Waals surface area (Å²) in [5.41, 5.74) is 4.56. The van der Waals surface area contributed by atoms with Gasteiger partial charge < -0.3 is 15.2 Å². The number of aromatic nitrogens is 4. The Balaban J connectivity index is 0.924. The first-order valence-corrected chi connectivity index (χ1v) is 21.7. The van der Waals surface area contributed by atoms with Crippen LogP contribution in [0.25, 0.3) is 5.65 Å². The van der Waals surface area contributed by atoms with Crippen LogP contribution in [-0.4, -0.2) is 56.7 Å². The van der Waals surface area contributed by atoms with Gasteiger partial charge in [-0.05, 0) is 85.2 Å². The van der Waals surface area contributed by atoms with Crippen LogP contribution < -0.4 is 10.1 Å². The zero-order valence-corrected chi connectivity index (χ0v) is 33.5. The molecule has 0 radical (unpaired) electrons. The Morgan fingerprint density at radius 1 is 0.857 bits per heavy atom. The van der Waals surface area contributed by atoms with Gasteiger partial charge in [-0.25, -0.2) is 9.08 Å². The van der Waals surface area contributed by atoms with Gasteiger partial charge in [0.25, 0.3) is 5.91 Å². The van der Waals surface area contributed by atoms with E-state index >= 15 is 0 Å². The van der Waals surface area contributed by atoms with Gasteiger partial charge in [0.1, 0.15) is 16.5 Å². The number of ether oxygens (including phenoxy) is 1. The van der Waals surface area contributed by atoms with Crippen LogP contribution in [0.3, 0.4) is 0 Å². The van der Waals surface area contributed by atoms with Crippen LogP contribution in [0.5, 0.6) is 11.5 Å². The number of aromatic amines is 1. The number of nitrogens with zero attached hydrogens (tertiary/aromatic N) is 3. The maximum absolute atomic E-state index is 13.7. The molecular weight excluding hydrogens is 753 g/mol. The van der Waals surface area contributed by atoms with Crippen molar-refractivity contribution < 1.29 is 32.8 Å². The Bertz CT molecular complexity index is 2070. The van der Waals surface area contributed by atoms with E-state index in [0.717, 1.165) is 60.3 Å². The second-order valence-electron chi connectivity index (χ2n) is 15.0. The number of nitrogens with one attached hydrogen (secondary N) is 2. The third-order valence-electron chi connectivity index (χ3n) is 10.6. The topological polar surface area (TPSA) is 149 Å². The summed E-state index contributed by atoms with van der Waals surface area (Å²) in [5.74, 6) is 1.49. The zero-order chi connectivity index (χ0) is 39.0. The number of phosphoric ester groups is 1. The van der Waals surface area contributed by atoms with Crippen molar-refractivity contribution in [3.63, 3.8) is 0 Å². The molecule has 3 N–H and O–H groups in total. The number of rotatable bonds is 20. The summed E-state index contributed by atoms with van der Waals surface area (Å²) in [7, 11) is -3.45. The number of phenols is 1. The van der Waals surface area contributed by atoms with E-state index < -0.39 is 19.3 Å². The number of phenolic OH excluding ortho intramolecular Hbond substituents is 1. The minimum absolute atomic E-state index is 0.159. The first kappa shape index (κ1) is 40.0. The molecule has 3 aliphatic heterocycles. The fourth-order valence-corrected chi connectivity index (χ4v) is 9.06. The molecule has 2 bridgehead atoms. The molecule has 1 atom stereocenters. The lowest BCUT2D eigenvalue weighted by Crippen LogP contribution is -2.48. The fourth-order valence-electron chi connectivity index (χ4n) is 7.26. The van der Waals surface area contributed by atoms with Crippen molar-refractivity contribution in [1.29, 1.82) is 0 Å². The molecule has 3 aromatic carbocycles. The van der Waals surface area contributed by atoms with Gasteiger partial charge in [-0.2, -0.15) is 0 Å². The first-order valence-electron chi connectivity index (χ1n) is 19.8. The number of H-pyrrole nitrogens is 1. The average Bonchev–Trinajstić information content (AvgIpc) is 3.77. The molecule has 0 spiro atoms. The molecule has 5 aromatic rings. The summed E-state index contributed by atoms with van der Waals surface area (Å²) >= 11 is 6.72. The highest BCUT2D eigenvalue weighted by molar-refractivity contribution is 7.48. The highest BCUT2D eigenvalue weighted by atomic mass is 35.5. The summed E-state index contributed by atoms with van der Waals surface area (Å²) in [6.07, 6.45) is 12.5. The molecule has 3 aliphatic rings. The maximum Gasteiger partial charge on any atom is 0.474 e. The van der Waals surface area contributed by atoms with Crippen LogP contribution >= 0.6 is 19.4 Å². The van der Waals surface area contributed by atoms with E-state index in [1.807, 2.05) is 60.7 Å². The smallest absolute Gasteiger partial charge is 0.474 e. The van der Waals surface area contributed by atoms with Crippen molar-refractivity contribution in [2.24, 2.45) is 0 Å². The third-order valence-corrected chi connectivity index (χ3v) is 12.3. The Labute approximate surface area is 332 Å². The number of unbranched alkanes of at least 4 members (excludes halogenated alkanes) is 7. The van der Waals surface area contributed by atoms with Crippen molar-refractivity contribution in [3.05, 3.63) is 106 Å². The molecule has 1 amide bonds. The van der Waals surface area contributed by atoms with E-state index in [4.69, 9.17) is 29.9 Å². The number of benzene rings is 3. The zero-order valence-electron chi connectivity index (χ0n) is 31.9. The second-order valence-corrected chi connectivity index (χ2v) is 17.1. The van der Waals surface area contributed by atoms with E-state index in [-0.39, 0.29) is 31.5 Å². The van der Waals surface area contributed by atoms with Gasteiger partial charge in [-0.15, -0.1) is 10.2 Å². The Morgan fingerprint density at radius 3 is 2.12 bits per heavy atom. The van der Waals surface area contributed by atoms with Gasteiger partial charge in [0.15, 0.2) is 17.6 Å². The van der Waals surface area contributed by atoms with Crippen LogP contribution in [0.2, 0.25) is 5.02 Å². The van der Waals surface area contributed by atoms with Crippen molar-refractivity contribution in [2.45, 2.75) is 102 Å². The molecule has 14 heteroatoms. The highest BCUT2D eigenvalue weighted by Gasteiger charge is 2.53. The molecule has 298 valence electrons. The molecule has 12 nitrogen and oxygen atoms in total. The van der Waals surface area contributed by atoms with Crippen molar-refractivity contribution in [1.82, 2.24) is 19.8 Å². The van der Waals surface area contributed by atoms with Crippen molar-refractivity contribution in [3.8, 4) is 11.5 Å². The number of carbonyl (C=O) groups is 1. The molecule has 3 saturated heterocycles. The van der Waals surface area contributed by atoms with Gasteiger partial charge >= 0.3 is 7.82 Å². The second kappa shape index (κ2) is 18.4. The van der Waals surface area contributed by atoms with Gasteiger partial charge in [0, 0.05) is 12.1 Å². The first-order chi connectivity index (χ1) is 27.2. The van der Waals surface area contributed by atoms with Crippen LogP contribution in [0.15, 0.2) is 72.8 Å². The number of phosphoric acid groups is 1. The van der Waals surface area contributed by atoms with Gasteiger partial charge in [0.2, 0.25) is 0 Å². The normalized spacial score (nSPS) is 19.7. The molecule has 3 fully saturated rings. The van der Waals surface area contributed by atoms with E-state index in [0.29, 0.717) is 35.0 Å². The lowest BCUT2D eigenvalue weighted by atomic mass is 9.87. The van der Waals surface area contributed by atoms with E-state index in [2.05, 4.69) is 27.5 Å². The Morgan fingerprint density at radius 2 is 1.46 bits per heavy atom. The molecule has 2 aromatic heterocycles. The van der Waals surface area contributed by atoms with Crippen molar-refractivity contribution >= 4 is 36.7 Å². The minimum Gasteiger partial charge on any atom is -0.508 e. The lowest BCUT2D eigenvalue weighted by molar-refractivity contribution is -0.123. The molecule has 0 saturated carbocycles. The van der Waals surface area contributed by atoms with E-state index in [1.165, 1.54) is 38.5 Å². The van der Waals surface area contributed by atoms with E-state index in [1.54, 1.807) is 16.6 Å². The number of amides is 1. The predicted molar refractivity (Wildman–Crippen MR) is 216 cm³/mol. The number of halogens is 1. The SMILES string of the molecule is CCCCCCCCCCC(Oc1ccc(Cc2ccc(O)cc2)cc1)C(=O)Nc1ccc(CCCc2nnc3c(Cl)c(C45COP(=O)(OC4)OC5)[nH]n23)cc1. The maximum atomic E-state index is 13.7.